The summed E-state index contributed by atoms with van der Waals surface area (Å²) in [6.45, 7) is 32.5. The monoisotopic (exact) mass is 405 g/mol. The number of rotatable bonds is 3. The number of benzene rings is 1. The standard InChI is InChI=1S/C21H41Si4/c1-16-14-17(2)19(18(3)15-16)22-23(24(10,11)20(4,5)6)25(12,13)21(7,8)9/h14-15H,1-13H3/q-1. The summed E-state index contributed by atoms with van der Waals surface area (Å²) in [6, 6.07) is 4.82. The van der Waals surface area contributed by atoms with Crippen LogP contribution in [0, 0.1) is 20.8 Å². The Morgan fingerprint density at radius 1 is 0.720 bits per heavy atom. The Morgan fingerprint density at radius 3 is 1.32 bits per heavy atom. The Balaban J connectivity index is 3.82. The molecule has 0 aliphatic rings. The van der Waals surface area contributed by atoms with Gasteiger partial charge < -0.3 is 8.61 Å². The molecule has 0 spiro atoms. The smallest absolute Gasteiger partial charge is 0.0216 e. The van der Waals surface area contributed by atoms with Crippen molar-refractivity contribution in [2.45, 2.75) is 98.6 Å². The zero-order valence-corrected chi connectivity index (χ0v) is 23.2. The summed E-state index contributed by atoms with van der Waals surface area (Å²) < 4.78 is 0. The van der Waals surface area contributed by atoms with E-state index >= 15 is 0 Å². The van der Waals surface area contributed by atoms with Gasteiger partial charge in [-0.1, -0.05) is 96.6 Å². The van der Waals surface area contributed by atoms with Crippen molar-refractivity contribution in [3.05, 3.63) is 28.8 Å². The largest absolute Gasteiger partial charge is 0.426 e. The Hall–Kier alpha value is 0.0875. The fourth-order valence-corrected chi connectivity index (χ4v) is 56.3. The lowest BCUT2D eigenvalue weighted by Gasteiger charge is -2.55. The molecule has 0 unspecified atom stereocenters. The first kappa shape index (κ1) is 23.1. The lowest BCUT2D eigenvalue weighted by Crippen LogP contribution is -2.65. The molecular formula is C21H41Si4-. The van der Waals surface area contributed by atoms with Crippen LogP contribution in [-0.2, 0) is 0 Å². The molecule has 0 aliphatic heterocycles. The normalized spacial score (nSPS) is 13.8. The van der Waals surface area contributed by atoms with Gasteiger partial charge in [0.15, 0.2) is 0 Å². The Kier molecular flexibility index (Phi) is 6.71. The molecule has 0 saturated carbocycles. The maximum atomic E-state index is 2.72. The van der Waals surface area contributed by atoms with Gasteiger partial charge in [-0.25, -0.2) is 12.1 Å². The van der Waals surface area contributed by atoms with E-state index in [0.717, 1.165) is 8.61 Å². The van der Waals surface area contributed by atoms with Gasteiger partial charge in [-0.05, 0) is 30.8 Å². The molecule has 0 atom stereocenters. The second kappa shape index (κ2) is 7.25. The summed E-state index contributed by atoms with van der Waals surface area (Å²) in [7, 11) is -1.63. The molecule has 1 aromatic carbocycles. The highest BCUT2D eigenvalue weighted by Gasteiger charge is 2.44. The van der Waals surface area contributed by atoms with Crippen molar-refractivity contribution in [1.29, 1.82) is 0 Å². The van der Waals surface area contributed by atoms with Gasteiger partial charge in [-0.2, -0.15) is 0 Å². The van der Waals surface area contributed by atoms with E-state index in [1.54, 1.807) is 5.19 Å². The molecule has 25 heavy (non-hydrogen) atoms. The van der Waals surface area contributed by atoms with Gasteiger partial charge in [0.05, 0.1) is 0 Å². The third kappa shape index (κ3) is 4.68. The summed E-state index contributed by atoms with van der Waals surface area (Å²) in [4.78, 5) is 0. The van der Waals surface area contributed by atoms with Crippen molar-refractivity contribution in [2.24, 2.45) is 0 Å². The first-order valence-electron chi connectivity index (χ1n) is 9.65. The molecule has 142 valence electrons. The van der Waals surface area contributed by atoms with Gasteiger partial charge in [0, 0.05) is 15.2 Å². The summed E-state index contributed by atoms with van der Waals surface area (Å²) in [6.07, 6.45) is 0. The van der Waals surface area contributed by atoms with Crippen LogP contribution in [0.5, 0.6) is 0 Å². The molecule has 0 saturated heterocycles. The number of hydrogen-bond acceptors (Lipinski definition) is 0. The van der Waals surface area contributed by atoms with Crippen molar-refractivity contribution in [1.82, 2.24) is 0 Å². The Morgan fingerprint density at radius 2 is 1.04 bits per heavy atom. The van der Waals surface area contributed by atoms with Gasteiger partial charge >= 0.3 is 0 Å². The van der Waals surface area contributed by atoms with Gasteiger partial charge in [0.1, 0.15) is 0 Å². The molecule has 0 aromatic heterocycles. The van der Waals surface area contributed by atoms with Gasteiger partial charge in [-0.3, -0.25) is 0 Å². The van der Waals surface area contributed by atoms with Crippen molar-refractivity contribution >= 4 is 35.9 Å². The van der Waals surface area contributed by atoms with Crippen LogP contribution in [0.2, 0.25) is 36.3 Å². The van der Waals surface area contributed by atoms with E-state index in [0.29, 0.717) is 10.1 Å². The van der Waals surface area contributed by atoms with Crippen molar-refractivity contribution in [3.8, 4) is 0 Å². The average molecular weight is 406 g/mol. The van der Waals surface area contributed by atoms with E-state index in [4.69, 9.17) is 0 Å². The number of hydrogen-bond donors (Lipinski definition) is 0. The van der Waals surface area contributed by atoms with Crippen LogP contribution < -0.4 is 5.19 Å². The van der Waals surface area contributed by atoms with Crippen LogP contribution >= 0.6 is 0 Å². The highest BCUT2D eigenvalue weighted by atomic mass is 29.7. The maximum Gasteiger partial charge on any atom is 0.0216 e. The van der Waals surface area contributed by atoms with E-state index in [1.165, 1.54) is 16.7 Å². The summed E-state index contributed by atoms with van der Waals surface area (Å²) in [5, 5.41) is 2.67. The number of aryl methyl sites for hydroxylation is 3. The molecule has 0 fully saturated rings. The summed E-state index contributed by atoms with van der Waals surface area (Å²) >= 11 is 0. The summed E-state index contributed by atoms with van der Waals surface area (Å²) in [5.74, 6) is 0. The molecule has 0 aliphatic carbocycles. The van der Waals surface area contributed by atoms with E-state index in [-0.39, 0.29) is 0 Å². The van der Waals surface area contributed by atoms with Crippen molar-refractivity contribution in [2.75, 3.05) is 0 Å². The fourth-order valence-electron chi connectivity index (χ4n) is 3.35. The van der Waals surface area contributed by atoms with E-state index in [2.05, 4.69) is 101 Å². The van der Waals surface area contributed by atoms with Crippen molar-refractivity contribution < 1.29 is 0 Å². The van der Waals surface area contributed by atoms with Gasteiger partial charge in [0.2, 0.25) is 0 Å². The predicted octanol–water partition coefficient (Wildman–Crippen LogP) is 6.11. The second-order valence-electron chi connectivity index (χ2n) is 11.0. The zero-order chi connectivity index (χ0) is 20.0. The SMILES string of the molecule is Cc1cc(C)c([Si-]=[Si]([Si](C)(C)C(C)(C)C)[Si](C)(C)C(C)(C)C)c(C)c1. The lowest BCUT2D eigenvalue weighted by atomic mass is 10.1. The molecule has 0 bridgehead atoms. The van der Waals surface area contributed by atoms with Crippen LogP contribution in [0.4, 0.5) is 0 Å². The molecule has 1 rings (SSSR count). The molecule has 4 heteroatoms. The third-order valence-electron chi connectivity index (χ3n) is 6.93. The highest BCUT2D eigenvalue weighted by molar-refractivity contribution is 7.65. The van der Waals surface area contributed by atoms with Crippen LogP contribution in [0.15, 0.2) is 12.1 Å². The van der Waals surface area contributed by atoms with Gasteiger partial charge in [-0.15, -0.1) is 0 Å². The molecule has 0 amide bonds. The molecule has 0 N–H and O–H groups in total. The first-order valence-corrected chi connectivity index (χ1v) is 21.2. The zero-order valence-electron chi connectivity index (χ0n) is 19.2. The third-order valence-corrected chi connectivity index (χ3v) is 56.5. The predicted molar refractivity (Wildman–Crippen MR) is 126 cm³/mol. The minimum Gasteiger partial charge on any atom is -0.426 e. The van der Waals surface area contributed by atoms with Crippen LogP contribution in [-0.4, -0.2) is 30.7 Å². The quantitative estimate of drug-likeness (QED) is 0.532. The van der Waals surface area contributed by atoms with E-state index in [1.807, 2.05) is 0 Å². The molecular weight excluding hydrogens is 365 g/mol. The van der Waals surface area contributed by atoms with Crippen LogP contribution in [0.25, 0.3) is 0 Å². The minimum absolute atomic E-state index is 0.415. The lowest BCUT2D eigenvalue weighted by molar-refractivity contribution is 0.728. The van der Waals surface area contributed by atoms with Gasteiger partial charge in [0.25, 0.3) is 0 Å². The van der Waals surface area contributed by atoms with E-state index in [9.17, 15) is 0 Å². The Bertz CT molecular complexity index is 617. The maximum absolute atomic E-state index is 2.72. The van der Waals surface area contributed by atoms with Crippen molar-refractivity contribution in [3.63, 3.8) is 0 Å². The van der Waals surface area contributed by atoms with E-state index < -0.39 is 22.1 Å². The minimum atomic E-state index is -1.35. The molecule has 0 nitrogen and oxygen atoms in total. The van der Waals surface area contributed by atoms with Crippen LogP contribution in [0.3, 0.4) is 0 Å². The van der Waals surface area contributed by atoms with Crippen LogP contribution in [0.1, 0.15) is 58.2 Å². The molecule has 0 radical (unpaired) electrons. The first-order chi connectivity index (χ1) is 10.9. The Labute approximate surface area is 163 Å². The molecule has 0 heterocycles. The summed E-state index contributed by atoms with van der Waals surface area (Å²) in [5.41, 5.74) is 4.49. The highest BCUT2D eigenvalue weighted by Crippen LogP contribution is 2.43. The topological polar surface area (TPSA) is 0 Å². The second-order valence-corrected chi connectivity index (χ2v) is 39.3. The average Bonchev–Trinajstić information content (AvgIpc) is 2.33. The fraction of sp³-hybridized carbons (Fsp3) is 0.714. The molecule has 1 aromatic rings.